The summed E-state index contributed by atoms with van der Waals surface area (Å²) in [5, 5.41) is 11.5. The Labute approximate surface area is 107 Å². The quantitative estimate of drug-likeness (QED) is 0.381. The van der Waals surface area contributed by atoms with Crippen molar-refractivity contribution >= 4 is 11.7 Å². The molecule has 104 valence electrons. The van der Waals surface area contributed by atoms with Crippen LogP contribution in [0.5, 0.6) is 0 Å². The van der Waals surface area contributed by atoms with Gasteiger partial charge < -0.3 is 15.8 Å². The molecule has 0 radical (unpaired) electrons. The van der Waals surface area contributed by atoms with E-state index in [1.54, 1.807) is 11.9 Å². The van der Waals surface area contributed by atoms with Crippen molar-refractivity contribution < 1.29 is 18.4 Å². The van der Waals surface area contributed by atoms with Crippen LogP contribution in [0, 0.1) is 0 Å². The Morgan fingerprint density at radius 1 is 1.47 bits per heavy atom. The van der Waals surface area contributed by atoms with Crippen LogP contribution in [0.3, 0.4) is 0 Å². The van der Waals surface area contributed by atoms with E-state index in [2.05, 4.69) is 10.1 Å². The number of anilines is 1. The summed E-state index contributed by atoms with van der Waals surface area (Å²) in [5.74, 6) is -0.184. The summed E-state index contributed by atoms with van der Waals surface area (Å²) in [7, 11) is 1.65. The second-order valence-corrected chi connectivity index (χ2v) is 4.39. The predicted octanol–water partition coefficient (Wildman–Crippen LogP) is 1.79. The zero-order chi connectivity index (χ0) is 14.2. The third kappa shape index (κ3) is 2.72. The summed E-state index contributed by atoms with van der Waals surface area (Å²) in [6.45, 7) is 0. The lowest BCUT2D eigenvalue weighted by Crippen LogP contribution is -2.27. The molecule has 0 spiro atoms. The van der Waals surface area contributed by atoms with Gasteiger partial charge in [0.05, 0.1) is 5.56 Å². The SMILES string of the molecule is CN(c1nc(C(F)(F)F)ccc1C(N)=NO)C1CC1. The van der Waals surface area contributed by atoms with Gasteiger partial charge in [0, 0.05) is 13.1 Å². The van der Waals surface area contributed by atoms with E-state index >= 15 is 0 Å². The molecule has 19 heavy (non-hydrogen) atoms. The van der Waals surface area contributed by atoms with Gasteiger partial charge in [-0.3, -0.25) is 0 Å². The average molecular weight is 274 g/mol. The van der Waals surface area contributed by atoms with Crippen molar-refractivity contribution in [3.63, 3.8) is 0 Å². The fourth-order valence-electron chi connectivity index (χ4n) is 1.76. The Morgan fingerprint density at radius 2 is 2.11 bits per heavy atom. The van der Waals surface area contributed by atoms with Gasteiger partial charge in [-0.2, -0.15) is 13.2 Å². The number of pyridine rings is 1. The third-order valence-electron chi connectivity index (χ3n) is 2.98. The van der Waals surface area contributed by atoms with Gasteiger partial charge in [0.1, 0.15) is 11.5 Å². The van der Waals surface area contributed by atoms with Gasteiger partial charge in [0.2, 0.25) is 0 Å². The molecule has 1 saturated carbocycles. The molecular weight excluding hydrogens is 261 g/mol. The van der Waals surface area contributed by atoms with Gasteiger partial charge in [0.25, 0.3) is 0 Å². The van der Waals surface area contributed by atoms with E-state index < -0.39 is 11.9 Å². The summed E-state index contributed by atoms with van der Waals surface area (Å²) < 4.78 is 38.0. The molecule has 0 aromatic carbocycles. The molecule has 2 rings (SSSR count). The lowest BCUT2D eigenvalue weighted by Gasteiger charge is -2.21. The molecule has 5 nitrogen and oxygen atoms in total. The minimum absolute atomic E-state index is 0.0765. The van der Waals surface area contributed by atoms with Crippen LogP contribution in [-0.2, 0) is 6.18 Å². The normalized spacial score (nSPS) is 16.5. The molecule has 0 unspecified atom stereocenters. The van der Waals surface area contributed by atoms with Gasteiger partial charge in [0.15, 0.2) is 5.84 Å². The average Bonchev–Trinajstić information content (AvgIpc) is 3.19. The lowest BCUT2D eigenvalue weighted by molar-refractivity contribution is -0.141. The Bertz CT molecular complexity index is 511. The van der Waals surface area contributed by atoms with Crippen molar-refractivity contribution in [2.24, 2.45) is 10.9 Å². The van der Waals surface area contributed by atoms with Crippen LogP contribution in [0.2, 0.25) is 0 Å². The molecular formula is C11H13F3N4O. The molecule has 1 heterocycles. The van der Waals surface area contributed by atoms with Gasteiger partial charge in [-0.25, -0.2) is 4.98 Å². The highest BCUT2D eigenvalue weighted by Crippen LogP contribution is 2.34. The minimum Gasteiger partial charge on any atom is -0.409 e. The Morgan fingerprint density at radius 3 is 2.58 bits per heavy atom. The highest BCUT2D eigenvalue weighted by Gasteiger charge is 2.35. The first-order valence-corrected chi connectivity index (χ1v) is 5.63. The highest BCUT2D eigenvalue weighted by atomic mass is 19.4. The minimum atomic E-state index is -4.53. The number of hydrogen-bond donors (Lipinski definition) is 2. The van der Waals surface area contributed by atoms with Gasteiger partial charge >= 0.3 is 6.18 Å². The number of oxime groups is 1. The number of amidine groups is 1. The lowest BCUT2D eigenvalue weighted by atomic mass is 10.2. The van der Waals surface area contributed by atoms with E-state index in [0.29, 0.717) is 0 Å². The first-order valence-electron chi connectivity index (χ1n) is 5.63. The summed E-state index contributed by atoms with van der Waals surface area (Å²) in [6.07, 6.45) is -2.74. The molecule has 0 aliphatic heterocycles. The van der Waals surface area contributed by atoms with Crippen molar-refractivity contribution in [2.45, 2.75) is 25.1 Å². The van der Waals surface area contributed by atoms with Gasteiger partial charge in [-0.15, -0.1) is 0 Å². The molecule has 1 aliphatic rings. The van der Waals surface area contributed by atoms with Crippen LogP contribution < -0.4 is 10.6 Å². The molecule has 0 atom stereocenters. The maximum absolute atomic E-state index is 12.7. The molecule has 8 heteroatoms. The number of aromatic nitrogens is 1. The van der Waals surface area contributed by atoms with Crippen LogP contribution in [-0.4, -0.2) is 29.1 Å². The maximum Gasteiger partial charge on any atom is 0.433 e. The fraction of sp³-hybridized carbons (Fsp3) is 0.455. The Hall–Kier alpha value is -1.99. The molecule has 1 fully saturated rings. The first-order chi connectivity index (χ1) is 8.84. The second-order valence-electron chi connectivity index (χ2n) is 4.39. The molecule has 0 bridgehead atoms. The topological polar surface area (TPSA) is 74.7 Å². The number of nitrogens with zero attached hydrogens (tertiary/aromatic N) is 3. The largest absolute Gasteiger partial charge is 0.433 e. The van der Waals surface area contributed by atoms with E-state index in [-0.39, 0.29) is 23.3 Å². The van der Waals surface area contributed by atoms with E-state index in [4.69, 9.17) is 10.9 Å². The molecule has 1 aromatic heterocycles. The van der Waals surface area contributed by atoms with E-state index in [9.17, 15) is 13.2 Å². The zero-order valence-electron chi connectivity index (χ0n) is 10.1. The van der Waals surface area contributed by atoms with Crippen molar-refractivity contribution in [1.29, 1.82) is 0 Å². The fourth-order valence-corrected chi connectivity index (χ4v) is 1.76. The number of hydrogen-bond acceptors (Lipinski definition) is 4. The van der Waals surface area contributed by atoms with Crippen molar-refractivity contribution in [1.82, 2.24) is 4.98 Å². The van der Waals surface area contributed by atoms with Crippen LogP contribution in [0.1, 0.15) is 24.1 Å². The molecule has 1 aliphatic carbocycles. The van der Waals surface area contributed by atoms with E-state index in [1.807, 2.05) is 0 Å². The summed E-state index contributed by atoms with van der Waals surface area (Å²) in [4.78, 5) is 5.23. The monoisotopic (exact) mass is 274 g/mol. The third-order valence-corrected chi connectivity index (χ3v) is 2.98. The second kappa shape index (κ2) is 4.60. The molecule has 0 amide bonds. The van der Waals surface area contributed by atoms with E-state index in [0.717, 1.165) is 18.9 Å². The standard InChI is InChI=1S/C11H13F3N4O/c1-18(6-2-3-6)10-7(9(15)17-19)4-5-8(16-10)11(12,13)14/h4-6,19H,2-3H2,1H3,(H2,15,17). The molecule has 0 saturated heterocycles. The molecule has 3 N–H and O–H groups in total. The zero-order valence-corrected chi connectivity index (χ0v) is 10.1. The Balaban J connectivity index is 2.49. The van der Waals surface area contributed by atoms with Crippen LogP contribution >= 0.6 is 0 Å². The number of alkyl halides is 3. The van der Waals surface area contributed by atoms with Crippen molar-refractivity contribution in [3.8, 4) is 0 Å². The van der Waals surface area contributed by atoms with Crippen molar-refractivity contribution in [2.75, 3.05) is 11.9 Å². The van der Waals surface area contributed by atoms with Gasteiger partial charge in [-0.05, 0) is 25.0 Å². The molecule has 1 aromatic rings. The van der Waals surface area contributed by atoms with E-state index in [1.165, 1.54) is 6.07 Å². The van der Waals surface area contributed by atoms with Crippen LogP contribution in [0.15, 0.2) is 17.3 Å². The predicted molar refractivity (Wildman–Crippen MR) is 63.2 cm³/mol. The maximum atomic E-state index is 12.7. The summed E-state index contributed by atoms with van der Waals surface area (Å²) in [6, 6.07) is 2.14. The number of halogens is 3. The van der Waals surface area contributed by atoms with Crippen LogP contribution in [0.25, 0.3) is 0 Å². The van der Waals surface area contributed by atoms with Crippen LogP contribution in [0.4, 0.5) is 19.0 Å². The smallest absolute Gasteiger partial charge is 0.409 e. The Kier molecular flexibility index (Phi) is 3.25. The summed E-state index contributed by atoms with van der Waals surface area (Å²) in [5.41, 5.74) is 4.65. The van der Waals surface area contributed by atoms with Gasteiger partial charge in [-0.1, -0.05) is 5.16 Å². The summed E-state index contributed by atoms with van der Waals surface area (Å²) >= 11 is 0. The number of nitrogens with two attached hydrogens (primary N) is 1. The first kappa shape index (κ1) is 13.4. The highest BCUT2D eigenvalue weighted by molar-refractivity contribution is 6.01. The number of rotatable bonds is 3. The van der Waals surface area contributed by atoms with Crippen molar-refractivity contribution in [3.05, 3.63) is 23.4 Å².